The molecule has 3 rings (SSSR count). The molecule has 0 aromatic carbocycles. The van der Waals surface area contributed by atoms with Crippen molar-refractivity contribution in [3.63, 3.8) is 0 Å². The van der Waals surface area contributed by atoms with Crippen molar-refractivity contribution >= 4 is 23.6 Å². The number of hydrogen-bond donors (Lipinski definition) is 1. The highest BCUT2D eigenvalue weighted by atomic mass is 32.1. The maximum atomic E-state index is 5.33. The van der Waals surface area contributed by atoms with Gasteiger partial charge in [0.2, 0.25) is 0 Å². The highest BCUT2D eigenvalue weighted by Gasteiger charge is 2.26. The predicted octanol–water partition coefficient (Wildman–Crippen LogP) is 3.12. The molecule has 0 saturated carbocycles. The first-order chi connectivity index (χ1) is 9.31. The van der Waals surface area contributed by atoms with Crippen LogP contribution in [0.25, 0.3) is 0 Å². The molecule has 0 spiro atoms. The van der Waals surface area contributed by atoms with Crippen molar-refractivity contribution in [2.75, 3.05) is 13.7 Å². The standard InChI is InChI=1S/C13H17N3OS2/c1-17-7-6-16-12(14-15-13(16)18)10-3-2-4-11-9(10)5-8-19-11/h5,8,10H,2-4,6-7H2,1H3,(H,15,18). The van der Waals surface area contributed by atoms with Crippen LogP contribution in [0.3, 0.4) is 0 Å². The maximum Gasteiger partial charge on any atom is 0.195 e. The lowest BCUT2D eigenvalue weighted by molar-refractivity contribution is 0.185. The van der Waals surface area contributed by atoms with Crippen LogP contribution in [0, 0.1) is 4.77 Å². The average Bonchev–Trinajstić information content (AvgIpc) is 3.02. The second kappa shape index (κ2) is 5.56. The Morgan fingerprint density at radius 1 is 1.63 bits per heavy atom. The topological polar surface area (TPSA) is 42.8 Å². The lowest BCUT2D eigenvalue weighted by atomic mass is 9.87. The van der Waals surface area contributed by atoms with Gasteiger partial charge in [-0.25, -0.2) is 0 Å². The zero-order chi connectivity index (χ0) is 13.2. The molecule has 1 unspecified atom stereocenters. The molecular weight excluding hydrogens is 278 g/mol. The summed E-state index contributed by atoms with van der Waals surface area (Å²) in [5.74, 6) is 1.43. The molecule has 6 heteroatoms. The fraction of sp³-hybridized carbons (Fsp3) is 0.538. The molecule has 0 radical (unpaired) electrons. The van der Waals surface area contributed by atoms with Crippen molar-refractivity contribution < 1.29 is 4.74 Å². The zero-order valence-corrected chi connectivity index (χ0v) is 12.5. The van der Waals surface area contributed by atoms with E-state index in [1.807, 2.05) is 11.3 Å². The number of methoxy groups -OCH3 is 1. The van der Waals surface area contributed by atoms with Crippen LogP contribution in [-0.2, 0) is 17.7 Å². The SMILES string of the molecule is COCCn1c(C2CCCc3sccc32)n[nH]c1=S. The summed E-state index contributed by atoms with van der Waals surface area (Å²) in [6.07, 6.45) is 3.57. The summed E-state index contributed by atoms with van der Waals surface area (Å²) in [6.45, 7) is 1.42. The quantitative estimate of drug-likeness (QED) is 0.881. The van der Waals surface area contributed by atoms with E-state index in [2.05, 4.69) is 26.2 Å². The summed E-state index contributed by atoms with van der Waals surface area (Å²) >= 11 is 7.18. The summed E-state index contributed by atoms with van der Waals surface area (Å²) in [7, 11) is 1.71. The number of rotatable bonds is 4. The molecule has 102 valence electrons. The number of nitrogens with zero attached hydrogens (tertiary/aromatic N) is 2. The van der Waals surface area contributed by atoms with Crippen LogP contribution in [0.15, 0.2) is 11.4 Å². The number of aromatic nitrogens is 3. The van der Waals surface area contributed by atoms with Crippen molar-refractivity contribution in [2.24, 2.45) is 0 Å². The monoisotopic (exact) mass is 295 g/mol. The van der Waals surface area contributed by atoms with Gasteiger partial charge in [0.15, 0.2) is 4.77 Å². The van der Waals surface area contributed by atoms with Gasteiger partial charge in [-0.2, -0.15) is 5.10 Å². The first kappa shape index (κ1) is 13.0. The minimum atomic E-state index is 0.375. The van der Waals surface area contributed by atoms with E-state index in [1.54, 1.807) is 7.11 Å². The fourth-order valence-corrected chi connectivity index (χ4v) is 3.97. The Bertz CT molecular complexity index is 613. The van der Waals surface area contributed by atoms with Gasteiger partial charge in [-0.1, -0.05) is 0 Å². The number of hydrogen-bond acceptors (Lipinski definition) is 4. The number of aromatic amines is 1. The summed E-state index contributed by atoms with van der Waals surface area (Å²) in [6, 6.07) is 2.24. The van der Waals surface area contributed by atoms with Crippen molar-refractivity contribution in [1.29, 1.82) is 0 Å². The fourth-order valence-electron chi connectivity index (χ4n) is 2.75. The Morgan fingerprint density at radius 3 is 3.37 bits per heavy atom. The van der Waals surface area contributed by atoms with Gasteiger partial charge in [0.05, 0.1) is 13.2 Å². The van der Waals surface area contributed by atoms with Crippen molar-refractivity contribution in [3.8, 4) is 0 Å². The van der Waals surface area contributed by atoms with Crippen LogP contribution >= 0.6 is 23.6 Å². The van der Waals surface area contributed by atoms with E-state index in [0.29, 0.717) is 17.3 Å². The van der Waals surface area contributed by atoms with Crippen molar-refractivity contribution in [2.45, 2.75) is 31.7 Å². The third-order valence-corrected chi connectivity index (χ3v) is 4.98. The molecule has 2 heterocycles. The normalized spacial score (nSPS) is 18.5. The zero-order valence-electron chi connectivity index (χ0n) is 10.9. The highest BCUT2D eigenvalue weighted by Crippen LogP contribution is 2.38. The molecule has 1 aliphatic carbocycles. The van der Waals surface area contributed by atoms with Crippen LogP contribution < -0.4 is 0 Å². The van der Waals surface area contributed by atoms with Gasteiger partial charge < -0.3 is 9.30 Å². The van der Waals surface area contributed by atoms with E-state index in [1.165, 1.54) is 23.3 Å². The van der Waals surface area contributed by atoms with Gasteiger partial charge in [-0.3, -0.25) is 5.10 Å². The average molecular weight is 295 g/mol. The Balaban J connectivity index is 1.98. The van der Waals surface area contributed by atoms with E-state index in [9.17, 15) is 0 Å². The third kappa shape index (κ3) is 2.40. The van der Waals surface area contributed by atoms with E-state index in [4.69, 9.17) is 17.0 Å². The predicted molar refractivity (Wildman–Crippen MR) is 78.4 cm³/mol. The summed E-state index contributed by atoms with van der Waals surface area (Å²) in [5, 5.41) is 9.58. The molecule has 2 aromatic rings. The lowest BCUT2D eigenvalue weighted by Gasteiger charge is -2.22. The van der Waals surface area contributed by atoms with Gasteiger partial charge in [-0.05, 0) is 48.5 Å². The Hall–Kier alpha value is -0.980. The second-order valence-corrected chi connectivity index (χ2v) is 6.16. The molecular formula is C13H17N3OS2. The summed E-state index contributed by atoms with van der Waals surface area (Å²) < 4.78 is 7.93. The minimum Gasteiger partial charge on any atom is -0.383 e. The van der Waals surface area contributed by atoms with Gasteiger partial charge in [0.25, 0.3) is 0 Å². The number of H-pyrrole nitrogens is 1. The molecule has 4 nitrogen and oxygen atoms in total. The van der Waals surface area contributed by atoms with Gasteiger partial charge in [0, 0.05) is 17.9 Å². The van der Waals surface area contributed by atoms with Gasteiger partial charge in [0.1, 0.15) is 5.82 Å². The molecule has 0 bridgehead atoms. The first-order valence-corrected chi connectivity index (χ1v) is 7.80. The van der Waals surface area contributed by atoms with Crippen LogP contribution in [0.4, 0.5) is 0 Å². The van der Waals surface area contributed by atoms with Crippen molar-refractivity contribution in [3.05, 3.63) is 32.5 Å². The summed E-state index contributed by atoms with van der Waals surface area (Å²) in [4.78, 5) is 1.50. The molecule has 0 fully saturated rings. The minimum absolute atomic E-state index is 0.375. The molecule has 0 aliphatic heterocycles. The maximum absolute atomic E-state index is 5.33. The largest absolute Gasteiger partial charge is 0.383 e. The number of fused-ring (bicyclic) bond motifs is 1. The lowest BCUT2D eigenvalue weighted by Crippen LogP contribution is -2.16. The van der Waals surface area contributed by atoms with E-state index < -0.39 is 0 Å². The third-order valence-electron chi connectivity index (χ3n) is 3.67. The first-order valence-electron chi connectivity index (χ1n) is 6.51. The number of aryl methyl sites for hydroxylation is 1. The van der Waals surface area contributed by atoms with E-state index in [0.717, 1.165) is 18.8 Å². The molecule has 0 saturated heterocycles. The van der Waals surface area contributed by atoms with Crippen LogP contribution in [0.5, 0.6) is 0 Å². The smallest absolute Gasteiger partial charge is 0.195 e. The Kier molecular flexibility index (Phi) is 3.81. The Morgan fingerprint density at radius 2 is 2.53 bits per heavy atom. The van der Waals surface area contributed by atoms with E-state index in [-0.39, 0.29) is 0 Å². The molecule has 1 aliphatic rings. The molecule has 1 atom stereocenters. The summed E-state index contributed by atoms with van der Waals surface area (Å²) in [5.41, 5.74) is 1.43. The molecule has 19 heavy (non-hydrogen) atoms. The van der Waals surface area contributed by atoms with Gasteiger partial charge >= 0.3 is 0 Å². The number of ether oxygens (including phenoxy) is 1. The van der Waals surface area contributed by atoms with Crippen LogP contribution in [0.2, 0.25) is 0 Å². The number of nitrogens with one attached hydrogen (secondary N) is 1. The second-order valence-electron chi connectivity index (χ2n) is 4.78. The van der Waals surface area contributed by atoms with Crippen LogP contribution in [-0.4, -0.2) is 28.5 Å². The van der Waals surface area contributed by atoms with Gasteiger partial charge in [-0.15, -0.1) is 11.3 Å². The van der Waals surface area contributed by atoms with Crippen LogP contribution in [0.1, 0.15) is 35.0 Å². The molecule has 2 aromatic heterocycles. The van der Waals surface area contributed by atoms with Crippen molar-refractivity contribution in [1.82, 2.24) is 14.8 Å². The molecule has 1 N–H and O–H groups in total. The highest BCUT2D eigenvalue weighted by molar-refractivity contribution is 7.71. The Labute approximate surface area is 121 Å². The molecule has 0 amide bonds. The number of thiophene rings is 1. The van der Waals surface area contributed by atoms with E-state index >= 15 is 0 Å².